The van der Waals surface area contributed by atoms with Crippen molar-refractivity contribution < 1.29 is 9.59 Å². The van der Waals surface area contributed by atoms with E-state index < -0.39 is 0 Å². The van der Waals surface area contributed by atoms with Gasteiger partial charge in [0.15, 0.2) is 0 Å². The van der Waals surface area contributed by atoms with E-state index in [0.29, 0.717) is 5.69 Å². The van der Waals surface area contributed by atoms with Crippen molar-refractivity contribution in [1.29, 1.82) is 0 Å². The van der Waals surface area contributed by atoms with Crippen molar-refractivity contribution in [2.24, 2.45) is 0 Å². The molecule has 0 aromatic heterocycles. The molecule has 0 heterocycles. The van der Waals surface area contributed by atoms with E-state index in [0.717, 1.165) is 17.7 Å². The summed E-state index contributed by atoms with van der Waals surface area (Å²) in [7, 11) is 0. The van der Waals surface area contributed by atoms with E-state index in [1.165, 1.54) is 13.0 Å². The molecule has 0 radical (unpaired) electrons. The van der Waals surface area contributed by atoms with Crippen LogP contribution in [-0.2, 0) is 16.0 Å². The van der Waals surface area contributed by atoms with Gasteiger partial charge in [-0.1, -0.05) is 19.1 Å². The zero-order valence-corrected chi connectivity index (χ0v) is 10.9. The molecule has 96 valence electrons. The molecule has 0 aliphatic carbocycles. The van der Waals surface area contributed by atoms with Gasteiger partial charge in [-0.2, -0.15) is 0 Å². The number of nitrogens with one attached hydrogen (secondary N) is 2. The molecule has 1 rings (SSSR count). The first-order chi connectivity index (χ1) is 8.56. The highest BCUT2D eigenvalue weighted by Crippen LogP contribution is 2.21. The van der Waals surface area contributed by atoms with Crippen LogP contribution in [0.5, 0.6) is 0 Å². The lowest BCUT2D eigenvalue weighted by Crippen LogP contribution is -2.11. The summed E-state index contributed by atoms with van der Waals surface area (Å²) in [5.74, 6) is -0.308. The van der Waals surface area contributed by atoms with E-state index in [4.69, 9.17) is 0 Å². The maximum atomic E-state index is 11.5. The van der Waals surface area contributed by atoms with Gasteiger partial charge in [-0.25, -0.2) is 0 Å². The fourth-order valence-electron chi connectivity index (χ4n) is 1.61. The Bertz CT molecular complexity index is 479. The second kappa shape index (κ2) is 6.59. The summed E-state index contributed by atoms with van der Waals surface area (Å²) in [6, 6.07) is 5.49. The van der Waals surface area contributed by atoms with Gasteiger partial charge in [0.1, 0.15) is 0 Å². The molecule has 0 bridgehead atoms. The van der Waals surface area contributed by atoms with E-state index in [9.17, 15) is 9.59 Å². The highest BCUT2D eigenvalue weighted by Gasteiger charge is 2.05. The van der Waals surface area contributed by atoms with Crippen molar-refractivity contribution in [2.75, 3.05) is 10.6 Å². The van der Waals surface area contributed by atoms with Gasteiger partial charge in [0.05, 0.1) is 0 Å². The van der Waals surface area contributed by atoms with Crippen molar-refractivity contribution in [3.05, 3.63) is 35.9 Å². The van der Waals surface area contributed by atoms with Gasteiger partial charge in [0.25, 0.3) is 0 Å². The average molecular weight is 246 g/mol. The molecule has 0 aliphatic heterocycles. The number of amides is 2. The molecule has 0 fully saturated rings. The van der Waals surface area contributed by atoms with Crippen molar-refractivity contribution in [2.45, 2.75) is 27.2 Å². The van der Waals surface area contributed by atoms with Crippen LogP contribution in [-0.4, -0.2) is 11.8 Å². The van der Waals surface area contributed by atoms with Crippen molar-refractivity contribution in [1.82, 2.24) is 0 Å². The van der Waals surface area contributed by atoms with Gasteiger partial charge in [-0.15, -0.1) is 0 Å². The molecule has 1 aromatic rings. The minimum Gasteiger partial charge on any atom is -0.326 e. The number of hydrogen-bond donors (Lipinski definition) is 2. The molecule has 2 N–H and O–H groups in total. The van der Waals surface area contributed by atoms with Crippen LogP contribution in [0.1, 0.15) is 26.3 Å². The number of hydrogen-bond acceptors (Lipinski definition) is 2. The largest absolute Gasteiger partial charge is 0.326 e. The summed E-state index contributed by atoms with van der Waals surface area (Å²) in [6.45, 7) is 5.25. The molecule has 18 heavy (non-hydrogen) atoms. The van der Waals surface area contributed by atoms with Crippen LogP contribution in [0.4, 0.5) is 11.4 Å². The Morgan fingerprint density at radius 3 is 2.56 bits per heavy atom. The van der Waals surface area contributed by atoms with Crippen LogP contribution in [0.3, 0.4) is 0 Å². The van der Waals surface area contributed by atoms with E-state index >= 15 is 0 Å². The van der Waals surface area contributed by atoms with Gasteiger partial charge >= 0.3 is 0 Å². The molecule has 1 aromatic carbocycles. The van der Waals surface area contributed by atoms with Crippen LogP contribution < -0.4 is 10.6 Å². The summed E-state index contributed by atoms with van der Waals surface area (Å²) in [5, 5.41) is 5.49. The zero-order valence-electron chi connectivity index (χ0n) is 10.9. The van der Waals surface area contributed by atoms with Gasteiger partial charge in [0.2, 0.25) is 11.8 Å². The SMILES string of the molecule is C/C=C/C(=O)Nc1cc(NC(C)=O)ccc1CC. The minimum atomic E-state index is -0.174. The highest BCUT2D eigenvalue weighted by molar-refractivity contribution is 6.00. The topological polar surface area (TPSA) is 58.2 Å². The Morgan fingerprint density at radius 1 is 1.28 bits per heavy atom. The first-order valence-corrected chi connectivity index (χ1v) is 5.91. The molecular formula is C14H18N2O2. The number of anilines is 2. The van der Waals surface area contributed by atoms with Gasteiger partial charge in [-0.3, -0.25) is 9.59 Å². The van der Waals surface area contributed by atoms with Crippen molar-refractivity contribution in [3.63, 3.8) is 0 Å². The lowest BCUT2D eigenvalue weighted by molar-refractivity contribution is -0.114. The van der Waals surface area contributed by atoms with Crippen LogP contribution >= 0.6 is 0 Å². The van der Waals surface area contributed by atoms with E-state index in [-0.39, 0.29) is 11.8 Å². The summed E-state index contributed by atoms with van der Waals surface area (Å²) in [5.41, 5.74) is 2.43. The van der Waals surface area contributed by atoms with Crippen molar-refractivity contribution in [3.8, 4) is 0 Å². The number of benzene rings is 1. The molecule has 0 saturated heterocycles. The summed E-state index contributed by atoms with van der Waals surface area (Å²) < 4.78 is 0. The Hall–Kier alpha value is -2.10. The lowest BCUT2D eigenvalue weighted by atomic mass is 10.1. The first kappa shape index (κ1) is 14.0. The summed E-state index contributed by atoms with van der Waals surface area (Å²) in [4.78, 5) is 22.5. The third kappa shape index (κ3) is 4.05. The zero-order chi connectivity index (χ0) is 13.5. The maximum absolute atomic E-state index is 11.5. The molecule has 4 heteroatoms. The second-order valence-corrected chi connectivity index (χ2v) is 3.90. The molecule has 4 nitrogen and oxygen atoms in total. The Kier molecular flexibility index (Phi) is 5.11. The van der Waals surface area contributed by atoms with E-state index in [2.05, 4.69) is 10.6 Å². The lowest BCUT2D eigenvalue weighted by Gasteiger charge is -2.11. The Labute approximate surface area is 107 Å². The summed E-state index contributed by atoms with van der Waals surface area (Å²) in [6.07, 6.45) is 3.95. The highest BCUT2D eigenvalue weighted by atomic mass is 16.2. The number of carbonyl (C=O) groups is 2. The third-order valence-electron chi connectivity index (χ3n) is 2.39. The number of allylic oxidation sites excluding steroid dienone is 1. The quantitative estimate of drug-likeness (QED) is 0.802. The van der Waals surface area contributed by atoms with Crippen molar-refractivity contribution >= 4 is 23.2 Å². The monoisotopic (exact) mass is 246 g/mol. The molecule has 0 unspecified atom stereocenters. The average Bonchev–Trinajstić information content (AvgIpc) is 2.28. The van der Waals surface area contributed by atoms with E-state index in [1.807, 2.05) is 19.1 Å². The molecule has 0 saturated carbocycles. The first-order valence-electron chi connectivity index (χ1n) is 5.91. The third-order valence-corrected chi connectivity index (χ3v) is 2.39. The van der Waals surface area contributed by atoms with E-state index in [1.54, 1.807) is 19.1 Å². The van der Waals surface area contributed by atoms with Gasteiger partial charge < -0.3 is 10.6 Å². The predicted molar refractivity (Wildman–Crippen MR) is 73.6 cm³/mol. The molecule has 2 amide bonds. The fourth-order valence-corrected chi connectivity index (χ4v) is 1.61. The Balaban J connectivity index is 2.98. The second-order valence-electron chi connectivity index (χ2n) is 3.90. The number of aryl methyl sites for hydroxylation is 1. The number of rotatable bonds is 4. The normalized spacial score (nSPS) is 10.4. The van der Waals surface area contributed by atoms with Gasteiger partial charge in [-0.05, 0) is 37.1 Å². The fraction of sp³-hybridized carbons (Fsp3) is 0.286. The smallest absolute Gasteiger partial charge is 0.248 e. The van der Waals surface area contributed by atoms with Crippen LogP contribution in [0, 0.1) is 0 Å². The molecule has 0 aliphatic rings. The molecule has 0 spiro atoms. The number of carbonyl (C=O) groups excluding carboxylic acids is 2. The predicted octanol–water partition coefficient (Wildman–Crippen LogP) is 2.72. The molecule has 0 atom stereocenters. The molecular weight excluding hydrogens is 228 g/mol. The minimum absolute atomic E-state index is 0.134. The van der Waals surface area contributed by atoms with Crippen LogP contribution in [0.2, 0.25) is 0 Å². The Morgan fingerprint density at radius 2 is 2.00 bits per heavy atom. The summed E-state index contributed by atoms with van der Waals surface area (Å²) >= 11 is 0. The standard InChI is InChI=1S/C14H18N2O2/c1-4-6-14(18)16-13-9-12(15-10(3)17)8-7-11(13)5-2/h4,6-9H,5H2,1-3H3,(H,15,17)(H,16,18)/b6-4+. The van der Waals surface area contributed by atoms with Crippen LogP contribution in [0.25, 0.3) is 0 Å². The maximum Gasteiger partial charge on any atom is 0.248 e. The van der Waals surface area contributed by atoms with Crippen LogP contribution in [0.15, 0.2) is 30.4 Å². The van der Waals surface area contributed by atoms with Gasteiger partial charge in [0, 0.05) is 18.3 Å².